The number of carbonyl (C=O) groups is 1. The van der Waals surface area contributed by atoms with Crippen LogP contribution in [0.15, 0.2) is 36.4 Å². The molecular weight excluding hydrogens is 345 g/mol. The Bertz CT molecular complexity index is 685. The van der Waals surface area contributed by atoms with Gasteiger partial charge in [0.05, 0.1) is 16.1 Å². The molecule has 0 amide bonds. The Hall–Kier alpha value is -0.483. The van der Waals surface area contributed by atoms with E-state index in [4.69, 9.17) is 27.9 Å². The Balaban J connectivity index is 0.00000264. The second-order valence-electron chi connectivity index (χ2n) is 5.13. The number of hydrogen-bond acceptors (Lipinski definition) is 2. The van der Waals surface area contributed by atoms with Crippen LogP contribution in [0.2, 0.25) is 10.0 Å². The van der Waals surface area contributed by atoms with E-state index >= 15 is 0 Å². The predicted octanol–water partition coefficient (Wildman–Crippen LogP) is 2.50. The monoisotopic (exact) mass is 360 g/mol. The second-order valence-corrected chi connectivity index (χ2v) is 7.05. The van der Waals surface area contributed by atoms with E-state index in [2.05, 4.69) is 0 Å². The molecule has 0 aliphatic heterocycles. The standard InChI is InChI=1S/C17H16Cl2O2P.Li/c1-10(2)21-12-7-8-15(11(3)9-12)22-17(20)16-13(18)5-4-6-14(16)19;/h4-10H,1-3H3;/q-1;+1. The molecule has 0 spiro atoms. The molecule has 0 saturated carbocycles. The molecule has 0 aliphatic rings. The maximum atomic E-state index is 12.5. The van der Waals surface area contributed by atoms with E-state index in [-0.39, 0.29) is 30.5 Å². The number of benzene rings is 2. The van der Waals surface area contributed by atoms with Gasteiger partial charge in [0.2, 0.25) is 0 Å². The van der Waals surface area contributed by atoms with Gasteiger partial charge in [-0.1, -0.05) is 40.9 Å². The molecule has 2 aromatic carbocycles. The Kier molecular flexibility index (Phi) is 8.15. The predicted molar refractivity (Wildman–Crippen MR) is 94.3 cm³/mol. The molecule has 23 heavy (non-hydrogen) atoms. The molecule has 0 bridgehead atoms. The van der Waals surface area contributed by atoms with E-state index in [0.717, 1.165) is 16.6 Å². The van der Waals surface area contributed by atoms with Crippen molar-refractivity contribution in [3.63, 3.8) is 0 Å². The number of aryl methyl sites for hydroxylation is 1. The third-order valence-electron chi connectivity index (χ3n) is 2.94. The van der Waals surface area contributed by atoms with Gasteiger partial charge in [-0.05, 0) is 45.0 Å². The molecule has 2 aromatic rings. The summed E-state index contributed by atoms with van der Waals surface area (Å²) < 4.78 is 5.65. The fraction of sp³-hybridized carbons (Fsp3) is 0.235. The van der Waals surface area contributed by atoms with Crippen molar-refractivity contribution < 1.29 is 28.4 Å². The molecule has 0 aliphatic carbocycles. The molecule has 0 aromatic heterocycles. The first-order valence-electron chi connectivity index (χ1n) is 6.86. The van der Waals surface area contributed by atoms with E-state index < -0.39 is 0 Å². The van der Waals surface area contributed by atoms with Gasteiger partial charge in [0.1, 0.15) is 5.75 Å². The first-order chi connectivity index (χ1) is 10.4. The van der Waals surface area contributed by atoms with Gasteiger partial charge in [-0.25, -0.2) is 0 Å². The van der Waals surface area contributed by atoms with Gasteiger partial charge in [0.15, 0.2) is 0 Å². The van der Waals surface area contributed by atoms with E-state index in [1.165, 1.54) is 0 Å². The molecule has 6 heteroatoms. The smallest absolute Gasteiger partial charge is 0.491 e. The third kappa shape index (κ3) is 5.52. The van der Waals surface area contributed by atoms with Crippen LogP contribution in [-0.2, 0) is 0 Å². The number of hydrogen-bond donors (Lipinski definition) is 0. The molecule has 0 radical (unpaired) electrons. The Morgan fingerprint density at radius 2 is 1.74 bits per heavy atom. The Morgan fingerprint density at radius 1 is 1.13 bits per heavy atom. The average Bonchev–Trinajstić information content (AvgIpc) is 2.41. The van der Waals surface area contributed by atoms with Gasteiger partial charge in [-0.3, -0.25) is 0 Å². The molecule has 0 atom stereocenters. The van der Waals surface area contributed by atoms with Crippen LogP contribution < -0.4 is 28.9 Å². The summed E-state index contributed by atoms with van der Waals surface area (Å²) >= 11 is 12.2. The summed E-state index contributed by atoms with van der Waals surface area (Å²) in [6, 6.07) is 10.8. The second kappa shape index (κ2) is 9.12. The van der Waals surface area contributed by atoms with Gasteiger partial charge in [0.25, 0.3) is 0 Å². The number of carbonyl (C=O) groups excluding carboxylic acids is 1. The van der Waals surface area contributed by atoms with Crippen LogP contribution in [0.1, 0.15) is 29.8 Å². The van der Waals surface area contributed by atoms with Crippen molar-refractivity contribution >= 4 is 42.6 Å². The Morgan fingerprint density at radius 3 is 2.26 bits per heavy atom. The van der Waals surface area contributed by atoms with Crippen molar-refractivity contribution in [3.8, 4) is 5.75 Å². The molecule has 2 nitrogen and oxygen atoms in total. The van der Waals surface area contributed by atoms with Gasteiger partial charge in [-0.15, -0.1) is 0 Å². The van der Waals surface area contributed by atoms with Crippen molar-refractivity contribution in [1.82, 2.24) is 0 Å². The normalized spacial score (nSPS) is 10.9. The van der Waals surface area contributed by atoms with E-state index in [1.807, 2.05) is 39.0 Å². The maximum absolute atomic E-state index is 12.5. The molecule has 0 heterocycles. The van der Waals surface area contributed by atoms with Gasteiger partial charge < -0.3 is 18.1 Å². The molecule has 0 fully saturated rings. The minimum Gasteiger partial charge on any atom is -0.491 e. The molecule has 0 unspecified atom stereocenters. The topological polar surface area (TPSA) is 26.3 Å². The zero-order valence-corrected chi connectivity index (χ0v) is 16.0. The van der Waals surface area contributed by atoms with Crippen LogP contribution in [0, 0.1) is 6.92 Å². The van der Waals surface area contributed by atoms with Crippen LogP contribution in [0.4, 0.5) is 0 Å². The summed E-state index contributed by atoms with van der Waals surface area (Å²) in [5.41, 5.74) is 1.25. The Labute approximate surface area is 160 Å². The maximum Gasteiger partial charge on any atom is 1.00 e. The van der Waals surface area contributed by atoms with Crippen LogP contribution >= 0.6 is 31.8 Å². The summed E-state index contributed by atoms with van der Waals surface area (Å²) in [5.74, 6) is 0.801. The first-order valence-corrected chi connectivity index (χ1v) is 8.51. The third-order valence-corrected chi connectivity index (χ3v) is 4.74. The van der Waals surface area contributed by atoms with Crippen molar-refractivity contribution in [2.75, 3.05) is 0 Å². The number of ether oxygens (including phenoxy) is 1. The van der Waals surface area contributed by atoms with Crippen molar-refractivity contribution in [3.05, 3.63) is 57.6 Å². The summed E-state index contributed by atoms with van der Waals surface area (Å²) in [6.07, 6.45) is 0.117. The summed E-state index contributed by atoms with van der Waals surface area (Å²) in [7, 11) is 0.546. The van der Waals surface area contributed by atoms with Crippen LogP contribution in [-0.4, -0.2) is 11.6 Å². The molecule has 0 N–H and O–H groups in total. The van der Waals surface area contributed by atoms with Crippen LogP contribution in [0.25, 0.3) is 0 Å². The summed E-state index contributed by atoms with van der Waals surface area (Å²) in [4.78, 5) is 12.5. The molecule has 0 saturated heterocycles. The van der Waals surface area contributed by atoms with Crippen molar-refractivity contribution in [1.29, 1.82) is 0 Å². The van der Waals surface area contributed by atoms with Crippen molar-refractivity contribution in [2.24, 2.45) is 0 Å². The minimum atomic E-state index is -0.115. The molecule has 2 rings (SSSR count). The molecule has 116 valence electrons. The number of rotatable bonds is 5. The first kappa shape index (κ1) is 20.6. The van der Waals surface area contributed by atoms with Gasteiger partial charge in [0, 0.05) is 11.1 Å². The average molecular weight is 361 g/mol. The van der Waals surface area contributed by atoms with Crippen LogP contribution in [0.3, 0.4) is 0 Å². The zero-order valence-electron chi connectivity index (χ0n) is 13.6. The quantitative estimate of drug-likeness (QED) is 0.604. The van der Waals surface area contributed by atoms with E-state index in [1.54, 1.807) is 18.2 Å². The van der Waals surface area contributed by atoms with Crippen molar-refractivity contribution in [2.45, 2.75) is 26.9 Å². The van der Waals surface area contributed by atoms with Gasteiger partial charge >= 0.3 is 18.9 Å². The number of halogens is 2. The summed E-state index contributed by atoms with van der Waals surface area (Å²) in [5, 5.41) is 1.67. The molecular formula is C17H16Cl2LiO2P. The minimum absolute atomic E-state index is 0. The summed E-state index contributed by atoms with van der Waals surface area (Å²) in [6.45, 7) is 5.91. The van der Waals surface area contributed by atoms with E-state index in [9.17, 15) is 4.79 Å². The zero-order chi connectivity index (χ0) is 16.3. The van der Waals surface area contributed by atoms with Crippen LogP contribution in [0.5, 0.6) is 5.75 Å². The SMILES string of the molecule is Cc1cc(OC(C)C)ccc1[P-]C(=O)c1c(Cl)cccc1Cl.[Li+]. The largest absolute Gasteiger partial charge is 1.00 e. The fourth-order valence-corrected chi connectivity index (χ4v) is 3.63. The van der Waals surface area contributed by atoms with E-state index in [0.29, 0.717) is 24.2 Å². The fourth-order valence-electron chi connectivity index (χ4n) is 1.97. The van der Waals surface area contributed by atoms with Gasteiger partial charge in [-0.2, -0.15) is 5.30 Å².